The molecule has 4 rings (SSSR count). The Morgan fingerprint density at radius 3 is 2.72 bits per heavy atom. The van der Waals surface area contributed by atoms with Gasteiger partial charge in [-0.15, -0.1) is 23.1 Å². The van der Waals surface area contributed by atoms with E-state index >= 15 is 0 Å². The molecule has 2 aliphatic heterocycles. The van der Waals surface area contributed by atoms with E-state index < -0.39 is 10.8 Å². The van der Waals surface area contributed by atoms with Gasteiger partial charge in [0.1, 0.15) is 5.82 Å². The third kappa shape index (κ3) is 5.64. The van der Waals surface area contributed by atoms with Crippen molar-refractivity contribution in [3.8, 4) is 0 Å². The lowest BCUT2D eigenvalue weighted by molar-refractivity contribution is 0.423. The summed E-state index contributed by atoms with van der Waals surface area (Å²) in [6.07, 6.45) is 0.954. The standard InChI is InChI=1S/C20H26FN3OS4/c21-19-4-2-1-3-18(19)15-11-16(14-26-20-6-5-17(12-22)27-20)24(13-15)28-23-7-9-29(25)10-8-23/h1-6,15-16H,7-14,22H2. The largest absolute Gasteiger partial charge is 0.326 e. The van der Waals surface area contributed by atoms with E-state index in [1.807, 2.05) is 23.9 Å². The summed E-state index contributed by atoms with van der Waals surface area (Å²) in [7, 11) is -0.676. The summed E-state index contributed by atoms with van der Waals surface area (Å²) >= 11 is 5.40. The van der Waals surface area contributed by atoms with E-state index in [0.29, 0.717) is 12.6 Å². The second kappa shape index (κ2) is 10.3. The molecule has 2 saturated heterocycles. The number of halogens is 1. The Hall–Kier alpha value is -0.420. The van der Waals surface area contributed by atoms with E-state index in [4.69, 9.17) is 5.73 Å². The smallest absolute Gasteiger partial charge is 0.126 e. The van der Waals surface area contributed by atoms with Gasteiger partial charge in [-0.25, -0.2) is 13.0 Å². The zero-order valence-corrected chi connectivity index (χ0v) is 19.4. The molecule has 2 fully saturated rings. The summed E-state index contributed by atoms with van der Waals surface area (Å²) in [6, 6.07) is 11.8. The lowest BCUT2D eigenvalue weighted by Gasteiger charge is -2.31. The summed E-state index contributed by atoms with van der Waals surface area (Å²) in [6.45, 7) is 3.13. The third-order valence-electron chi connectivity index (χ3n) is 5.32. The fourth-order valence-corrected chi connectivity index (χ4v) is 8.52. The first-order valence-corrected chi connectivity index (χ1v) is 13.8. The Morgan fingerprint density at radius 2 is 2.00 bits per heavy atom. The van der Waals surface area contributed by atoms with Gasteiger partial charge in [-0.05, 0) is 30.2 Å². The minimum Gasteiger partial charge on any atom is -0.326 e. The van der Waals surface area contributed by atoms with Crippen LogP contribution in [0.25, 0.3) is 0 Å². The Balaban J connectivity index is 1.44. The van der Waals surface area contributed by atoms with Crippen LogP contribution < -0.4 is 5.73 Å². The van der Waals surface area contributed by atoms with Crippen LogP contribution in [-0.4, -0.2) is 55.8 Å². The molecule has 3 heterocycles. The lowest BCUT2D eigenvalue weighted by Crippen LogP contribution is -2.38. The van der Waals surface area contributed by atoms with Crippen LogP contribution in [0.2, 0.25) is 0 Å². The summed E-state index contributed by atoms with van der Waals surface area (Å²) in [4.78, 5) is 1.20. The third-order valence-corrected chi connectivity index (χ3v) is 10.3. The number of nitrogens with zero attached hydrogens (tertiary/aromatic N) is 2. The average molecular weight is 472 g/mol. The summed E-state index contributed by atoms with van der Waals surface area (Å²) in [5.41, 5.74) is 6.57. The quantitative estimate of drug-likeness (QED) is 0.488. The van der Waals surface area contributed by atoms with Gasteiger partial charge in [0.05, 0.1) is 4.21 Å². The highest BCUT2D eigenvalue weighted by atomic mass is 32.2. The zero-order chi connectivity index (χ0) is 20.2. The summed E-state index contributed by atoms with van der Waals surface area (Å²) < 4.78 is 32.1. The molecule has 0 spiro atoms. The average Bonchev–Trinajstić information content (AvgIpc) is 3.35. The van der Waals surface area contributed by atoms with E-state index in [-0.39, 0.29) is 11.7 Å². The highest BCUT2D eigenvalue weighted by Crippen LogP contribution is 2.40. The van der Waals surface area contributed by atoms with Gasteiger partial charge in [-0.2, -0.15) is 0 Å². The summed E-state index contributed by atoms with van der Waals surface area (Å²) in [5.74, 6) is 2.57. The van der Waals surface area contributed by atoms with Crippen molar-refractivity contribution in [2.75, 3.05) is 36.9 Å². The van der Waals surface area contributed by atoms with E-state index in [1.165, 1.54) is 9.09 Å². The first-order valence-electron chi connectivity index (χ1n) is 9.83. The molecule has 0 aliphatic carbocycles. The molecular weight excluding hydrogens is 446 g/mol. The van der Waals surface area contributed by atoms with Gasteiger partial charge in [0, 0.05) is 83.2 Å². The van der Waals surface area contributed by atoms with Crippen molar-refractivity contribution in [2.45, 2.75) is 29.1 Å². The Morgan fingerprint density at radius 1 is 1.21 bits per heavy atom. The highest BCUT2D eigenvalue weighted by Gasteiger charge is 2.36. The van der Waals surface area contributed by atoms with Crippen molar-refractivity contribution in [3.63, 3.8) is 0 Å². The van der Waals surface area contributed by atoms with Crippen LogP contribution >= 0.6 is 35.2 Å². The number of thiophene rings is 1. The van der Waals surface area contributed by atoms with Crippen LogP contribution in [-0.2, 0) is 17.3 Å². The van der Waals surface area contributed by atoms with Crippen LogP contribution in [0, 0.1) is 5.82 Å². The minimum absolute atomic E-state index is 0.102. The van der Waals surface area contributed by atoms with Crippen LogP contribution in [0.4, 0.5) is 4.39 Å². The Kier molecular flexibility index (Phi) is 7.71. The molecule has 1 aromatic heterocycles. The first kappa shape index (κ1) is 21.8. The molecule has 4 nitrogen and oxygen atoms in total. The van der Waals surface area contributed by atoms with Crippen LogP contribution in [0.3, 0.4) is 0 Å². The molecule has 9 heteroatoms. The second-order valence-corrected chi connectivity index (χ2v) is 12.6. The molecule has 2 atom stereocenters. The monoisotopic (exact) mass is 471 g/mol. The number of hydrogen-bond donors (Lipinski definition) is 1. The maximum Gasteiger partial charge on any atom is 0.126 e. The van der Waals surface area contributed by atoms with Crippen LogP contribution in [0.15, 0.2) is 40.6 Å². The fraction of sp³-hybridized carbons (Fsp3) is 0.500. The number of thioether (sulfide) groups is 1. The lowest BCUT2D eigenvalue weighted by atomic mass is 9.96. The molecule has 2 aromatic rings. The molecule has 2 aliphatic rings. The van der Waals surface area contributed by atoms with Gasteiger partial charge in [-0.3, -0.25) is 4.21 Å². The number of rotatable bonds is 7. The van der Waals surface area contributed by atoms with Crippen LogP contribution in [0.5, 0.6) is 0 Å². The number of hydrogen-bond acceptors (Lipinski definition) is 7. The highest BCUT2D eigenvalue weighted by molar-refractivity contribution is 8.01. The maximum atomic E-state index is 14.4. The topological polar surface area (TPSA) is 49.6 Å². The molecule has 2 unspecified atom stereocenters. The predicted octanol–water partition coefficient (Wildman–Crippen LogP) is 3.92. The number of benzene rings is 1. The van der Waals surface area contributed by atoms with Crippen molar-refractivity contribution < 1.29 is 8.60 Å². The Labute approximate surface area is 187 Å². The molecule has 0 bridgehead atoms. The molecule has 2 N–H and O–H groups in total. The molecule has 0 saturated carbocycles. The van der Waals surface area contributed by atoms with Crippen molar-refractivity contribution in [1.82, 2.24) is 8.61 Å². The molecule has 158 valence electrons. The molecule has 29 heavy (non-hydrogen) atoms. The minimum atomic E-state index is -0.676. The predicted molar refractivity (Wildman–Crippen MR) is 124 cm³/mol. The first-order chi connectivity index (χ1) is 14.1. The van der Waals surface area contributed by atoms with Gasteiger partial charge < -0.3 is 5.73 Å². The molecular formula is C20H26FN3OS4. The number of nitrogens with two attached hydrogens (primary N) is 1. The summed E-state index contributed by atoms with van der Waals surface area (Å²) in [5, 5.41) is 0. The Bertz CT molecular complexity index is 839. The van der Waals surface area contributed by atoms with Gasteiger partial charge in [0.15, 0.2) is 0 Å². The van der Waals surface area contributed by atoms with Gasteiger partial charge in [0.2, 0.25) is 0 Å². The molecule has 1 aromatic carbocycles. The molecule has 0 radical (unpaired) electrons. The van der Waals surface area contributed by atoms with E-state index in [2.05, 4.69) is 20.7 Å². The van der Waals surface area contributed by atoms with E-state index in [1.54, 1.807) is 35.6 Å². The fourth-order valence-electron chi connectivity index (χ4n) is 3.74. The van der Waals surface area contributed by atoms with Gasteiger partial charge >= 0.3 is 0 Å². The SMILES string of the molecule is NCc1ccc(SCC2CC(c3ccccc3F)CN2SN2CCS(=O)CC2)s1. The van der Waals surface area contributed by atoms with Gasteiger partial charge in [0.25, 0.3) is 0 Å². The maximum absolute atomic E-state index is 14.4. The van der Waals surface area contributed by atoms with Gasteiger partial charge in [-0.1, -0.05) is 18.2 Å². The van der Waals surface area contributed by atoms with Crippen molar-refractivity contribution in [1.29, 1.82) is 0 Å². The van der Waals surface area contributed by atoms with Crippen molar-refractivity contribution in [2.24, 2.45) is 5.73 Å². The van der Waals surface area contributed by atoms with Crippen molar-refractivity contribution in [3.05, 3.63) is 52.7 Å². The zero-order valence-electron chi connectivity index (χ0n) is 16.2. The van der Waals surface area contributed by atoms with Crippen molar-refractivity contribution >= 4 is 46.0 Å². The van der Waals surface area contributed by atoms with E-state index in [0.717, 1.165) is 48.9 Å². The van der Waals surface area contributed by atoms with E-state index in [9.17, 15) is 8.60 Å². The molecule has 0 amide bonds. The normalized spacial score (nSPS) is 24.3. The second-order valence-electron chi connectivity index (χ2n) is 7.30. The van der Waals surface area contributed by atoms with Crippen LogP contribution in [0.1, 0.15) is 22.8 Å².